The molecule has 0 aromatic heterocycles. The monoisotopic (exact) mass is 169 g/mol. The van der Waals surface area contributed by atoms with Crippen molar-refractivity contribution >= 4 is 5.91 Å². The molecule has 2 heteroatoms. The molecule has 1 aliphatic rings. The fraction of sp³-hybridized carbons (Fsp3) is 0.900. The van der Waals surface area contributed by atoms with Crippen molar-refractivity contribution in [3.63, 3.8) is 0 Å². The van der Waals surface area contributed by atoms with Gasteiger partial charge < -0.3 is 4.90 Å². The molecular weight excluding hydrogens is 150 g/mol. The molecule has 0 bridgehead atoms. The second-order valence-corrected chi connectivity index (χ2v) is 3.50. The predicted molar refractivity (Wildman–Crippen MR) is 49.9 cm³/mol. The minimum absolute atomic E-state index is 0.335. The van der Waals surface area contributed by atoms with Crippen molar-refractivity contribution in [1.29, 1.82) is 0 Å². The average molecular weight is 169 g/mol. The fourth-order valence-electron chi connectivity index (χ4n) is 1.96. The fourth-order valence-corrected chi connectivity index (χ4v) is 1.96. The van der Waals surface area contributed by atoms with Crippen molar-refractivity contribution in [2.75, 3.05) is 6.54 Å². The molecule has 1 amide bonds. The van der Waals surface area contributed by atoms with Crippen LogP contribution in [0.3, 0.4) is 0 Å². The minimum Gasteiger partial charge on any atom is -0.340 e. The molecule has 0 aromatic carbocycles. The van der Waals surface area contributed by atoms with Crippen LogP contribution in [0, 0.1) is 0 Å². The zero-order chi connectivity index (χ0) is 8.97. The van der Waals surface area contributed by atoms with E-state index in [2.05, 4.69) is 11.8 Å². The highest BCUT2D eigenvalue weighted by Crippen LogP contribution is 2.19. The number of rotatable bonds is 2. The van der Waals surface area contributed by atoms with Crippen LogP contribution < -0.4 is 0 Å². The van der Waals surface area contributed by atoms with Gasteiger partial charge in [0.25, 0.3) is 0 Å². The Bertz CT molecular complexity index is 156. The normalized spacial score (nSPS) is 24.2. The molecule has 1 aliphatic heterocycles. The van der Waals surface area contributed by atoms with Crippen LogP contribution in [-0.4, -0.2) is 23.4 Å². The number of nitrogens with zero attached hydrogens (tertiary/aromatic N) is 1. The Hall–Kier alpha value is -0.530. The second-order valence-electron chi connectivity index (χ2n) is 3.50. The topological polar surface area (TPSA) is 20.3 Å². The first-order valence-corrected chi connectivity index (χ1v) is 5.09. The first kappa shape index (κ1) is 9.56. The summed E-state index contributed by atoms with van der Waals surface area (Å²) in [6, 6.07) is 0.534. The molecular formula is C10H19NO. The lowest BCUT2D eigenvalue weighted by Crippen LogP contribution is -2.42. The molecule has 1 fully saturated rings. The van der Waals surface area contributed by atoms with E-state index in [1.165, 1.54) is 19.3 Å². The molecule has 1 atom stereocenters. The van der Waals surface area contributed by atoms with Gasteiger partial charge in [-0.05, 0) is 25.7 Å². The lowest BCUT2D eigenvalue weighted by atomic mass is 10.00. The molecule has 0 saturated carbocycles. The zero-order valence-electron chi connectivity index (χ0n) is 8.18. The number of likely N-dealkylation sites (tertiary alicyclic amines) is 1. The lowest BCUT2D eigenvalue weighted by Gasteiger charge is -2.35. The summed E-state index contributed by atoms with van der Waals surface area (Å²) in [5, 5.41) is 0. The van der Waals surface area contributed by atoms with Crippen molar-refractivity contribution in [2.24, 2.45) is 0 Å². The van der Waals surface area contributed by atoms with Crippen LogP contribution in [0.2, 0.25) is 0 Å². The van der Waals surface area contributed by atoms with Gasteiger partial charge >= 0.3 is 0 Å². The summed E-state index contributed by atoms with van der Waals surface area (Å²) in [6.07, 6.45) is 5.48. The van der Waals surface area contributed by atoms with Gasteiger partial charge in [0.2, 0.25) is 5.91 Å². The van der Waals surface area contributed by atoms with Crippen molar-refractivity contribution in [1.82, 2.24) is 4.90 Å². The Balaban J connectivity index is 2.52. The van der Waals surface area contributed by atoms with E-state index in [1.54, 1.807) is 0 Å². The van der Waals surface area contributed by atoms with Crippen molar-refractivity contribution in [3.05, 3.63) is 0 Å². The Morgan fingerprint density at radius 1 is 1.42 bits per heavy atom. The Labute approximate surface area is 74.9 Å². The molecule has 0 aliphatic carbocycles. The van der Waals surface area contributed by atoms with Crippen LogP contribution >= 0.6 is 0 Å². The largest absolute Gasteiger partial charge is 0.340 e. The van der Waals surface area contributed by atoms with E-state index in [-0.39, 0.29) is 0 Å². The summed E-state index contributed by atoms with van der Waals surface area (Å²) in [6.45, 7) is 5.11. The Morgan fingerprint density at radius 3 is 2.75 bits per heavy atom. The number of amides is 1. The molecule has 1 heterocycles. The molecule has 0 unspecified atom stereocenters. The molecule has 1 saturated heterocycles. The van der Waals surface area contributed by atoms with E-state index in [9.17, 15) is 4.79 Å². The second kappa shape index (κ2) is 4.48. The third-order valence-electron chi connectivity index (χ3n) is 2.72. The zero-order valence-corrected chi connectivity index (χ0v) is 8.18. The van der Waals surface area contributed by atoms with E-state index in [0.29, 0.717) is 18.4 Å². The molecule has 0 aromatic rings. The highest BCUT2D eigenvalue weighted by atomic mass is 16.2. The lowest BCUT2D eigenvalue weighted by molar-refractivity contribution is -0.134. The minimum atomic E-state index is 0.335. The van der Waals surface area contributed by atoms with Gasteiger partial charge in [-0.2, -0.15) is 0 Å². The summed E-state index contributed by atoms with van der Waals surface area (Å²) in [7, 11) is 0. The number of piperidine rings is 1. The molecule has 1 rings (SSSR count). The number of carbonyl (C=O) groups is 1. The van der Waals surface area contributed by atoms with Gasteiger partial charge in [0, 0.05) is 19.0 Å². The molecule has 0 spiro atoms. The van der Waals surface area contributed by atoms with Crippen LogP contribution in [0.1, 0.15) is 46.0 Å². The summed E-state index contributed by atoms with van der Waals surface area (Å²) >= 11 is 0. The van der Waals surface area contributed by atoms with E-state index < -0.39 is 0 Å². The van der Waals surface area contributed by atoms with Crippen molar-refractivity contribution < 1.29 is 4.79 Å². The van der Waals surface area contributed by atoms with E-state index >= 15 is 0 Å². The summed E-state index contributed by atoms with van der Waals surface area (Å²) in [5.74, 6) is 0.335. The maximum atomic E-state index is 11.5. The molecule has 70 valence electrons. The van der Waals surface area contributed by atoms with Crippen LogP contribution in [0.4, 0.5) is 0 Å². The van der Waals surface area contributed by atoms with Crippen LogP contribution in [0.15, 0.2) is 0 Å². The van der Waals surface area contributed by atoms with E-state index in [4.69, 9.17) is 0 Å². The maximum absolute atomic E-state index is 11.5. The van der Waals surface area contributed by atoms with Crippen molar-refractivity contribution in [3.8, 4) is 0 Å². The van der Waals surface area contributed by atoms with Gasteiger partial charge in [0.05, 0.1) is 0 Å². The first-order chi connectivity index (χ1) is 5.79. The van der Waals surface area contributed by atoms with Crippen molar-refractivity contribution in [2.45, 2.75) is 52.0 Å². The van der Waals surface area contributed by atoms with Crippen LogP contribution in [0.5, 0.6) is 0 Å². The van der Waals surface area contributed by atoms with E-state index in [1.807, 2.05) is 6.92 Å². The maximum Gasteiger partial charge on any atom is 0.222 e. The summed E-state index contributed by atoms with van der Waals surface area (Å²) < 4.78 is 0. The number of hydrogen-bond acceptors (Lipinski definition) is 1. The Kier molecular flexibility index (Phi) is 3.57. The quantitative estimate of drug-likeness (QED) is 0.620. The standard InChI is InChI=1S/C10H19NO/c1-3-9-7-5-6-8-11(9)10(12)4-2/h9H,3-8H2,1-2H3/t9-/m0/s1. The summed E-state index contributed by atoms with van der Waals surface area (Å²) in [4.78, 5) is 13.5. The number of hydrogen-bond donors (Lipinski definition) is 0. The van der Waals surface area contributed by atoms with Gasteiger partial charge in [-0.1, -0.05) is 13.8 Å². The highest BCUT2D eigenvalue weighted by molar-refractivity contribution is 5.76. The van der Waals surface area contributed by atoms with Crippen LogP contribution in [0.25, 0.3) is 0 Å². The first-order valence-electron chi connectivity index (χ1n) is 5.09. The Morgan fingerprint density at radius 2 is 2.17 bits per heavy atom. The van der Waals surface area contributed by atoms with Crippen LogP contribution in [-0.2, 0) is 4.79 Å². The highest BCUT2D eigenvalue weighted by Gasteiger charge is 2.23. The molecule has 12 heavy (non-hydrogen) atoms. The molecule has 0 N–H and O–H groups in total. The predicted octanol–water partition coefficient (Wildman–Crippen LogP) is 2.19. The van der Waals surface area contributed by atoms with Gasteiger partial charge in [-0.15, -0.1) is 0 Å². The van der Waals surface area contributed by atoms with Gasteiger partial charge in [0.1, 0.15) is 0 Å². The SMILES string of the molecule is CCC(=O)N1CCCC[C@@H]1CC. The van der Waals surface area contributed by atoms with E-state index in [0.717, 1.165) is 13.0 Å². The molecule has 2 nitrogen and oxygen atoms in total. The van der Waals surface area contributed by atoms with Gasteiger partial charge in [-0.25, -0.2) is 0 Å². The van der Waals surface area contributed by atoms with Gasteiger partial charge in [-0.3, -0.25) is 4.79 Å². The average Bonchev–Trinajstić information content (AvgIpc) is 2.16. The summed E-state index contributed by atoms with van der Waals surface area (Å²) in [5.41, 5.74) is 0. The third kappa shape index (κ3) is 1.99. The molecule has 0 radical (unpaired) electrons. The smallest absolute Gasteiger partial charge is 0.222 e. The third-order valence-corrected chi connectivity index (χ3v) is 2.72. The number of carbonyl (C=O) groups excluding carboxylic acids is 1. The van der Waals surface area contributed by atoms with Gasteiger partial charge in [0.15, 0.2) is 0 Å².